The van der Waals surface area contributed by atoms with E-state index in [1.54, 1.807) is 30.0 Å². The SMILES string of the molecule is CSC(C)CCNC(=O)c1ccc(Cl)cc1Br. The second-order valence-corrected chi connectivity index (χ2v) is 6.28. The Labute approximate surface area is 120 Å². The second-order valence-electron chi connectivity index (χ2n) is 3.72. The fraction of sp³-hybridized carbons (Fsp3) is 0.417. The normalized spacial score (nSPS) is 12.2. The number of nitrogens with one attached hydrogen (secondary N) is 1. The first-order valence-electron chi connectivity index (χ1n) is 5.30. The third-order valence-corrected chi connectivity index (χ3v) is 4.35. The average Bonchev–Trinajstić information content (AvgIpc) is 2.28. The zero-order valence-electron chi connectivity index (χ0n) is 9.80. The molecule has 17 heavy (non-hydrogen) atoms. The van der Waals surface area contributed by atoms with Gasteiger partial charge in [0, 0.05) is 21.3 Å². The van der Waals surface area contributed by atoms with Crippen molar-refractivity contribution < 1.29 is 4.79 Å². The van der Waals surface area contributed by atoms with Crippen molar-refractivity contribution in [1.29, 1.82) is 0 Å². The topological polar surface area (TPSA) is 29.1 Å². The molecule has 5 heteroatoms. The summed E-state index contributed by atoms with van der Waals surface area (Å²) in [6, 6.07) is 5.16. The van der Waals surface area contributed by atoms with Crippen LogP contribution >= 0.6 is 39.3 Å². The van der Waals surface area contributed by atoms with E-state index in [1.165, 1.54) is 0 Å². The van der Waals surface area contributed by atoms with Gasteiger partial charge in [-0.25, -0.2) is 0 Å². The molecule has 1 N–H and O–H groups in total. The fourth-order valence-electron chi connectivity index (χ4n) is 1.28. The quantitative estimate of drug-likeness (QED) is 0.881. The van der Waals surface area contributed by atoms with E-state index in [4.69, 9.17) is 11.6 Å². The molecule has 0 spiro atoms. The van der Waals surface area contributed by atoms with E-state index in [-0.39, 0.29) is 5.91 Å². The highest BCUT2D eigenvalue weighted by Crippen LogP contribution is 2.21. The minimum atomic E-state index is -0.0677. The van der Waals surface area contributed by atoms with Crippen LogP contribution in [-0.2, 0) is 0 Å². The van der Waals surface area contributed by atoms with Crippen LogP contribution < -0.4 is 5.32 Å². The molecule has 94 valence electrons. The lowest BCUT2D eigenvalue weighted by Crippen LogP contribution is -2.26. The molecule has 1 unspecified atom stereocenters. The molecule has 1 aromatic rings. The largest absolute Gasteiger partial charge is 0.352 e. The van der Waals surface area contributed by atoms with Gasteiger partial charge < -0.3 is 5.32 Å². The van der Waals surface area contributed by atoms with Gasteiger partial charge in [-0.1, -0.05) is 18.5 Å². The maximum absolute atomic E-state index is 11.9. The van der Waals surface area contributed by atoms with E-state index in [2.05, 4.69) is 34.4 Å². The number of thioether (sulfide) groups is 1. The Bertz CT molecular complexity index is 400. The first kappa shape index (κ1) is 14.9. The van der Waals surface area contributed by atoms with Gasteiger partial charge >= 0.3 is 0 Å². The lowest BCUT2D eigenvalue weighted by molar-refractivity contribution is 0.0952. The van der Waals surface area contributed by atoms with Gasteiger partial charge in [-0.2, -0.15) is 11.8 Å². The van der Waals surface area contributed by atoms with Gasteiger partial charge in [0.25, 0.3) is 5.91 Å². The smallest absolute Gasteiger partial charge is 0.252 e. The van der Waals surface area contributed by atoms with Crippen molar-refractivity contribution >= 4 is 45.2 Å². The highest BCUT2D eigenvalue weighted by Gasteiger charge is 2.10. The molecule has 0 aliphatic rings. The summed E-state index contributed by atoms with van der Waals surface area (Å²) in [7, 11) is 0. The first-order valence-corrected chi connectivity index (χ1v) is 7.76. The van der Waals surface area contributed by atoms with Crippen molar-refractivity contribution in [2.75, 3.05) is 12.8 Å². The van der Waals surface area contributed by atoms with Gasteiger partial charge in [0.2, 0.25) is 0 Å². The Kier molecular flexibility index (Phi) is 6.38. The van der Waals surface area contributed by atoms with Crippen LogP contribution in [0.3, 0.4) is 0 Å². The summed E-state index contributed by atoms with van der Waals surface area (Å²) in [6.45, 7) is 2.84. The molecule has 0 fully saturated rings. The molecule has 1 rings (SSSR count). The van der Waals surface area contributed by atoms with Crippen molar-refractivity contribution in [3.05, 3.63) is 33.3 Å². The molecule has 0 aliphatic heterocycles. The average molecular weight is 337 g/mol. The summed E-state index contributed by atoms with van der Waals surface area (Å²) in [6.07, 6.45) is 3.04. The van der Waals surface area contributed by atoms with Crippen LogP contribution in [0.1, 0.15) is 23.7 Å². The third-order valence-electron chi connectivity index (χ3n) is 2.41. The summed E-state index contributed by atoms with van der Waals surface area (Å²) in [4.78, 5) is 11.9. The van der Waals surface area contributed by atoms with E-state index in [9.17, 15) is 4.79 Å². The standard InChI is InChI=1S/C12H15BrClNOS/c1-8(17-2)5-6-15-12(16)10-4-3-9(14)7-11(10)13/h3-4,7-8H,5-6H2,1-2H3,(H,15,16). The molecule has 0 radical (unpaired) electrons. The molecule has 1 atom stereocenters. The summed E-state index contributed by atoms with van der Waals surface area (Å²) in [5, 5.41) is 4.07. The lowest BCUT2D eigenvalue weighted by atomic mass is 10.2. The minimum absolute atomic E-state index is 0.0677. The molecule has 1 aromatic carbocycles. The molecule has 0 saturated carbocycles. The molecule has 0 heterocycles. The molecule has 1 amide bonds. The molecular formula is C12H15BrClNOS. The number of amides is 1. The zero-order valence-corrected chi connectivity index (χ0v) is 13.0. The molecule has 2 nitrogen and oxygen atoms in total. The van der Waals surface area contributed by atoms with Crippen LogP contribution in [0.4, 0.5) is 0 Å². The van der Waals surface area contributed by atoms with Crippen LogP contribution in [0.15, 0.2) is 22.7 Å². The van der Waals surface area contributed by atoms with E-state index < -0.39 is 0 Å². The minimum Gasteiger partial charge on any atom is -0.352 e. The van der Waals surface area contributed by atoms with Crippen molar-refractivity contribution in [1.82, 2.24) is 5.32 Å². The summed E-state index contributed by atoms with van der Waals surface area (Å²) in [5.41, 5.74) is 0.617. The highest BCUT2D eigenvalue weighted by molar-refractivity contribution is 9.10. The van der Waals surface area contributed by atoms with Crippen LogP contribution in [0.25, 0.3) is 0 Å². The Morgan fingerprint density at radius 1 is 1.59 bits per heavy atom. The molecule has 0 aromatic heterocycles. The van der Waals surface area contributed by atoms with E-state index in [1.807, 2.05) is 0 Å². The second kappa shape index (κ2) is 7.29. The first-order chi connectivity index (χ1) is 8.04. The van der Waals surface area contributed by atoms with Crippen molar-refractivity contribution in [3.8, 4) is 0 Å². The third kappa shape index (κ3) is 4.90. The molecule has 0 bridgehead atoms. The predicted molar refractivity (Wildman–Crippen MR) is 79.1 cm³/mol. The zero-order chi connectivity index (χ0) is 12.8. The van der Waals surface area contributed by atoms with Gasteiger partial charge in [-0.05, 0) is 46.8 Å². The lowest BCUT2D eigenvalue weighted by Gasteiger charge is -2.10. The van der Waals surface area contributed by atoms with Gasteiger partial charge in [-0.15, -0.1) is 0 Å². The monoisotopic (exact) mass is 335 g/mol. The van der Waals surface area contributed by atoms with E-state index >= 15 is 0 Å². The number of hydrogen-bond acceptors (Lipinski definition) is 2. The Hall–Kier alpha value is -0.190. The Morgan fingerprint density at radius 3 is 2.88 bits per heavy atom. The van der Waals surface area contributed by atoms with Gasteiger partial charge in [0.15, 0.2) is 0 Å². The van der Waals surface area contributed by atoms with Gasteiger partial charge in [-0.3, -0.25) is 4.79 Å². The number of hydrogen-bond donors (Lipinski definition) is 1. The summed E-state index contributed by atoms with van der Waals surface area (Å²) < 4.78 is 0.723. The predicted octanol–water partition coefficient (Wildman–Crippen LogP) is 3.97. The summed E-state index contributed by atoms with van der Waals surface area (Å²) >= 11 is 11.0. The van der Waals surface area contributed by atoms with Crippen molar-refractivity contribution in [2.45, 2.75) is 18.6 Å². The number of rotatable bonds is 5. The number of benzene rings is 1. The Morgan fingerprint density at radius 2 is 2.29 bits per heavy atom. The highest BCUT2D eigenvalue weighted by atomic mass is 79.9. The van der Waals surface area contributed by atoms with Crippen LogP contribution in [0.5, 0.6) is 0 Å². The molecule has 0 saturated heterocycles. The Balaban J connectivity index is 2.52. The van der Waals surface area contributed by atoms with Crippen molar-refractivity contribution in [2.24, 2.45) is 0 Å². The molecule has 0 aliphatic carbocycles. The van der Waals surface area contributed by atoms with Gasteiger partial charge in [0.05, 0.1) is 5.56 Å². The van der Waals surface area contributed by atoms with Crippen LogP contribution in [-0.4, -0.2) is 24.0 Å². The number of halogens is 2. The van der Waals surface area contributed by atoms with Crippen LogP contribution in [0.2, 0.25) is 5.02 Å². The fourth-order valence-corrected chi connectivity index (χ4v) is 2.49. The maximum Gasteiger partial charge on any atom is 0.252 e. The number of carbonyl (C=O) groups is 1. The van der Waals surface area contributed by atoms with E-state index in [0.29, 0.717) is 22.4 Å². The number of carbonyl (C=O) groups excluding carboxylic acids is 1. The maximum atomic E-state index is 11.9. The van der Waals surface area contributed by atoms with Crippen LogP contribution in [0, 0.1) is 0 Å². The summed E-state index contributed by atoms with van der Waals surface area (Å²) in [5.74, 6) is -0.0677. The van der Waals surface area contributed by atoms with Crippen molar-refractivity contribution in [3.63, 3.8) is 0 Å². The van der Waals surface area contributed by atoms with Gasteiger partial charge in [0.1, 0.15) is 0 Å². The van der Waals surface area contributed by atoms with E-state index in [0.717, 1.165) is 10.9 Å². The molecular weight excluding hydrogens is 322 g/mol.